The van der Waals surface area contributed by atoms with Crippen LogP contribution in [-0.4, -0.2) is 16.2 Å². The summed E-state index contributed by atoms with van der Waals surface area (Å²) in [6.07, 6.45) is -0.651. The number of esters is 1. The Labute approximate surface area is 133 Å². The number of aryl methyl sites for hydroxylation is 2. The molecule has 2 aromatic heterocycles. The van der Waals surface area contributed by atoms with Crippen LogP contribution in [0.5, 0.6) is 0 Å². The SMILES string of the molecule is Cc1cc(C(=O)O[C@@H](C)c2nnc(-c3ccccc3)o2)c(C)o1. The first-order chi connectivity index (χ1) is 11.0. The number of aromatic nitrogens is 2. The van der Waals surface area contributed by atoms with Crippen LogP contribution in [0.25, 0.3) is 11.5 Å². The number of nitrogens with zero attached hydrogens (tertiary/aromatic N) is 2. The fraction of sp³-hybridized carbons (Fsp3) is 0.235. The third-order valence-electron chi connectivity index (χ3n) is 3.35. The van der Waals surface area contributed by atoms with E-state index in [0.717, 1.165) is 5.56 Å². The Kier molecular flexibility index (Phi) is 3.97. The zero-order valence-corrected chi connectivity index (χ0v) is 13.1. The molecule has 6 nitrogen and oxygen atoms in total. The molecule has 2 heterocycles. The third-order valence-corrected chi connectivity index (χ3v) is 3.35. The van der Waals surface area contributed by atoms with Gasteiger partial charge in [-0.3, -0.25) is 0 Å². The second-order valence-corrected chi connectivity index (χ2v) is 5.19. The Morgan fingerprint density at radius 1 is 1.13 bits per heavy atom. The molecule has 1 atom stereocenters. The maximum atomic E-state index is 12.2. The average Bonchev–Trinajstić information content (AvgIpc) is 3.15. The molecule has 0 radical (unpaired) electrons. The Morgan fingerprint density at radius 2 is 1.87 bits per heavy atom. The van der Waals surface area contributed by atoms with Crippen molar-refractivity contribution in [1.29, 1.82) is 0 Å². The highest BCUT2D eigenvalue weighted by atomic mass is 16.6. The molecule has 0 saturated heterocycles. The lowest BCUT2D eigenvalue weighted by atomic mass is 10.2. The average molecular weight is 312 g/mol. The summed E-state index contributed by atoms with van der Waals surface area (Å²) in [6.45, 7) is 5.17. The molecule has 3 aromatic rings. The maximum Gasteiger partial charge on any atom is 0.342 e. The lowest BCUT2D eigenvalue weighted by Gasteiger charge is -2.08. The van der Waals surface area contributed by atoms with Crippen molar-refractivity contribution in [1.82, 2.24) is 10.2 Å². The number of furan rings is 1. The van der Waals surface area contributed by atoms with E-state index in [-0.39, 0.29) is 5.89 Å². The van der Waals surface area contributed by atoms with Gasteiger partial charge in [0.25, 0.3) is 5.89 Å². The van der Waals surface area contributed by atoms with Gasteiger partial charge in [0, 0.05) is 5.56 Å². The van der Waals surface area contributed by atoms with E-state index in [1.165, 1.54) is 0 Å². The molecular weight excluding hydrogens is 296 g/mol. The molecule has 118 valence electrons. The van der Waals surface area contributed by atoms with Gasteiger partial charge in [0.15, 0.2) is 6.10 Å². The lowest BCUT2D eigenvalue weighted by molar-refractivity contribution is 0.0278. The first kappa shape index (κ1) is 15.0. The largest absolute Gasteiger partial charge is 0.466 e. The molecule has 0 saturated carbocycles. The fourth-order valence-electron chi connectivity index (χ4n) is 2.20. The fourth-order valence-corrected chi connectivity index (χ4v) is 2.20. The lowest BCUT2D eigenvalue weighted by Crippen LogP contribution is -2.09. The summed E-state index contributed by atoms with van der Waals surface area (Å²) in [7, 11) is 0. The molecule has 0 amide bonds. The summed E-state index contributed by atoms with van der Waals surface area (Å²) in [5, 5.41) is 7.93. The summed E-state index contributed by atoms with van der Waals surface area (Å²) < 4.78 is 16.3. The van der Waals surface area contributed by atoms with Crippen molar-refractivity contribution in [3.8, 4) is 11.5 Å². The Balaban J connectivity index is 1.74. The maximum absolute atomic E-state index is 12.2. The minimum Gasteiger partial charge on any atom is -0.466 e. The highest BCUT2D eigenvalue weighted by molar-refractivity contribution is 5.90. The number of ether oxygens (including phenoxy) is 1. The van der Waals surface area contributed by atoms with Crippen LogP contribution in [0.1, 0.15) is 40.8 Å². The van der Waals surface area contributed by atoms with Crippen LogP contribution in [0, 0.1) is 13.8 Å². The second kappa shape index (κ2) is 6.08. The minimum absolute atomic E-state index is 0.245. The van der Waals surface area contributed by atoms with Gasteiger partial charge in [0.1, 0.15) is 17.1 Å². The van der Waals surface area contributed by atoms with Crippen LogP contribution >= 0.6 is 0 Å². The van der Waals surface area contributed by atoms with Crippen molar-refractivity contribution < 1.29 is 18.4 Å². The van der Waals surface area contributed by atoms with E-state index in [9.17, 15) is 4.79 Å². The molecule has 0 N–H and O–H groups in total. The van der Waals surface area contributed by atoms with Gasteiger partial charge in [-0.25, -0.2) is 4.79 Å². The monoisotopic (exact) mass is 312 g/mol. The molecule has 3 rings (SSSR count). The molecule has 1 aromatic carbocycles. The highest BCUT2D eigenvalue weighted by Crippen LogP contribution is 2.24. The normalized spacial score (nSPS) is 12.1. The van der Waals surface area contributed by atoms with E-state index in [4.69, 9.17) is 13.6 Å². The molecule has 0 aliphatic heterocycles. The van der Waals surface area contributed by atoms with E-state index in [1.54, 1.807) is 26.8 Å². The van der Waals surface area contributed by atoms with Crippen molar-refractivity contribution in [2.45, 2.75) is 26.9 Å². The van der Waals surface area contributed by atoms with Crippen LogP contribution in [0.15, 0.2) is 45.2 Å². The van der Waals surface area contributed by atoms with Crippen LogP contribution in [0.4, 0.5) is 0 Å². The first-order valence-electron chi connectivity index (χ1n) is 7.21. The molecular formula is C17H16N2O4. The summed E-state index contributed by atoms with van der Waals surface area (Å²) in [4.78, 5) is 12.2. The van der Waals surface area contributed by atoms with E-state index >= 15 is 0 Å². The number of benzene rings is 1. The van der Waals surface area contributed by atoms with Gasteiger partial charge in [0.2, 0.25) is 5.89 Å². The number of carbonyl (C=O) groups is 1. The zero-order valence-electron chi connectivity index (χ0n) is 13.1. The number of hydrogen-bond donors (Lipinski definition) is 0. The van der Waals surface area contributed by atoms with Gasteiger partial charge in [-0.05, 0) is 39.0 Å². The van der Waals surface area contributed by atoms with Crippen LogP contribution < -0.4 is 0 Å². The summed E-state index contributed by atoms with van der Waals surface area (Å²) in [5.74, 6) is 1.33. The Bertz CT molecular complexity index is 820. The van der Waals surface area contributed by atoms with Gasteiger partial charge in [-0.15, -0.1) is 10.2 Å². The van der Waals surface area contributed by atoms with E-state index in [1.807, 2.05) is 30.3 Å². The molecule has 0 aliphatic rings. The predicted octanol–water partition coefficient (Wildman–Crippen LogP) is 3.86. The summed E-state index contributed by atoms with van der Waals surface area (Å²) in [6, 6.07) is 11.0. The summed E-state index contributed by atoms with van der Waals surface area (Å²) >= 11 is 0. The van der Waals surface area contributed by atoms with E-state index < -0.39 is 12.1 Å². The molecule has 23 heavy (non-hydrogen) atoms. The van der Waals surface area contributed by atoms with Gasteiger partial charge in [0.05, 0.1) is 0 Å². The number of carbonyl (C=O) groups excluding carboxylic acids is 1. The van der Waals surface area contributed by atoms with Gasteiger partial charge in [-0.1, -0.05) is 18.2 Å². The van der Waals surface area contributed by atoms with E-state index in [0.29, 0.717) is 23.0 Å². The zero-order chi connectivity index (χ0) is 16.4. The van der Waals surface area contributed by atoms with E-state index in [2.05, 4.69) is 10.2 Å². The van der Waals surface area contributed by atoms with Gasteiger partial charge in [-0.2, -0.15) is 0 Å². The Morgan fingerprint density at radius 3 is 2.52 bits per heavy atom. The molecule has 0 fully saturated rings. The van der Waals surface area contributed by atoms with Crippen molar-refractivity contribution in [2.24, 2.45) is 0 Å². The number of rotatable bonds is 4. The molecule has 6 heteroatoms. The topological polar surface area (TPSA) is 78.4 Å². The smallest absolute Gasteiger partial charge is 0.342 e. The van der Waals surface area contributed by atoms with Crippen LogP contribution in [-0.2, 0) is 4.74 Å². The second-order valence-electron chi connectivity index (χ2n) is 5.19. The molecule has 0 unspecified atom stereocenters. The van der Waals surface area contributed by atoms with Crippen molar-refractivity contribution in [2.75, 3.05) is 0 Å². The standard InChI is InChI=1S/C17H16N2O4/c1-10-9-14(11(2)21-10)17(20)22-12(3)15-18-19-16(23-15)13-7-5-4-6-8-13/h4-9,12H,1-3H3/t12-/m0/s1. The van der Waals surface area contributed by atoms with Crippen molar-refractivity contribution >= 4 is 5.97 Å². The number of hydrogen-bond acceptors (Lipinski definition) is 6. The van der Waals surface area contributed by atoms with Crippen LogP contribution in [0.3, 0.4) is 0 Å². The third kappa shape index (κ3) is 3.15. The van der Waals surface area contributed by atoms with Gasteiger partial charge < -0.3 is 13.6 Å². The van der Waals surface area contributed by atoms with Crippen LogP contribution in [0.2, 0.25) is 0 Å². The minimum atomic E-state index is -0.651. The van der Waals surface area contributed by atoms with Crippen molar-refractivity contribution in [3.63, 3.8) is 0 Å². The summed E-state index contributed by atoms with van der Waals surface area (Å²) in [5.41, 5.74) is 1.21. The van der Waals surface area contributed by atoms with Crippen molar-refractivity contribution in [3.05, 3.63) is 59.4 Å². The molecule has 0 aliphatic carbocycles. The molecule has 0 bridgehead atoms. The Hall–Kier alpha value is -2.89. The molecule has 0 spiro atoms. The first-order valence-corrected chi connectivity index (χ1v) is 7.21. The predicted molar refractivity (Wildman–Crippen MR) is 81.7 cm³/mol. The van der Waals surface area contributed by atoms with Gasteiger partial charge >= 0.3 is 5.97 Å². The quantitative estimate of drug-likeness (QED) is 0.681. The highest BCUT2D eigenvalue weighted by Gasteiger charge is 2.22.